The number of hydrogen-bond donors (Lipinski definition) is 1. The SMILES string of the molecule is Cc1ccc2c(c1)CC(C)(C(=O)Nc1ccccc1I)OC2=O. The number of carbonyl (C=O) groups is 2. The quantitative estimate of drug-likeness (QED) is 0.595. The lowest BCUT2D eigenvalue weighted by Crippen LogP contribution is -2.49. The lowest BCUT2D eigenvalue weighted by molar-refractivity contribution is -0.134. The van der Waals surface area contributed by atoms with Crippen molar-refractivity contribution in [2.24, 2.45) is 0 Å². The maximum Gasteiger partial charge on any atom is 0.339 e. The number of esters is 1. The number of fused-ring (bicyclic) bond motifs is 1. The molecule has 1 N–H and O–H groups in total. The number of ether oxygens (including phenoxy) is 1. The molecule has 1 unspecified atom stereocenters. The minimum Gasteiger partial charge on any atom is -0.445 e. The maximum absolute atomic E-state index is 12.7. The smallest absolute Gasteiger partial charge is 0.339 e. The summed E-state index contributed by atoms with van der Waals surface area (Å²) < 4.78 is 6.39. The fourth-order valence-electron chi connectivity index (χ4n) is 2.67. The Hall–Kier alpha value is -1.89. The molecule has 0 saturated carbocycles. The van der Waals surface area contributed by atoms with Gasteiger partial charge in [0.15, 0.2) is 5.60 Å². The van der Waals surface area contributed by atoms with Crippen molar-refractivity contribution in [2.45, 2.75) is 25.9 Å². The Labute approximate surface area is 148 Å². The van der Waals surface area contributed by atoms with Crippen LogP contribution in [0, 0.1) is 10.5 Å². The van der Waals surface area contributed by atoms with Gasteiger partial charge in [0.05, 0.1) is 11.3 Å². The van der Waals surface area contributed by atoms with Crippen molar-refractivity contribution in [3.05, 3.63) is 62.7 Å². The van der Waals surface area contributed by atoms with Crippen LogP contribution in [0.25, 0.3) is 0 Å². The van der Waals surface area contributed by atoms with E-state index in [4.69, 9.17) is 4.74 Å². The van der Waals surface area contributed by atoms with Crippen LogP contribution in [0.3, 0.4) is 0 Å². The van der Waals surface area contributed by atoms with Gasteiger partial charge in [-0.1, -0.05) is 29.8 Å². The molecule has 0 fully saturated rings. The molecule has 4 nitrogen and oxygen atoms in total. The van der Waals surface area contributed by atoms with Crippen LogP contribution >= 0.6 is 22.6 Å². The molecule has 0 bridgehead atoms. The Bertz CT molecular complexity index is 803. The number of halogens is 1. The standard InChI is InChI=1S/C18H16INO3/c1-11-7-8-13-12(9-11)10-18(2,23-16(13)21)17(22)20-15-6-4-3-5-14(15)19/h3-9H,10H2,1-2H3,(H,20,22). The average Bonchev–Trinajstić information content (AvgIpc) is 2.48. The highest BCUT2D eigenvalue weighted by atomic mass is 127. The van der Waals surface area contributed by atoms with Crippen LogP contribution in [0.1, 0.15) is 28.4 Å². The summed E-state index contributed by atoms with van der Waals surface area (Å²) >= 11 is 2.16. The molecule has 1 aliphatic heterocycles. The van der Waals surface area contributed by atoms with E-state index in [0.717, 1.165) is 14.7 Å². The molecule has 1 amide bonds. The summed E-state index contributed by atoms with van der Waals surface area (Å²) in [4.78, 5) is 24.9. The first-order chi connectivity index (χ1) is 10.9. The molecule has 0 saturated heterocycles. The summed E-state index contributed by atoms with van der Waals surface area (Å²) in [6.45, 7) is 3.62. The number of rotatable bonds is 2. The van der Waals surface area contributed by atoms with Crippen molar-refractivity contribution in [3.8, 4) is 0 Å². The molecule has 0 spiro atoms. The van der Waals surface area contributed by atoms with Gasteiger partial charge in [-0.25, -0.2) is 4.79 Å². The second kappa shape index (κ2) is 5.96. The van der Waals surface area contributed by atoms with E-state index >= 15 is 0 Å². The highest BCUT2D eigenvalue weighted by molar-refractivity contribution is 14.1. The number of amides is 1. The Kier molecular flexibility index (Phi) is 4.14. The van der Waals surface area contributed by atoms with Crippen molar-refractivity contribution in [3.63, 3.8) is 0 Å². The number of benzene rings is 2. The van der Waals surface area contributed by atoms with Gasteiger partial charge >= 0.3 is 5.97 Å². The fourth-order valence-corrected chi connectivity index (χ4v) is 3.19. The van der Waals surface area contributed by atoms with E-state index in [2.05, 4.69) is 27.9 Å². The van der Waals surface area contributed by atoms with Crippen molar-refractivity contribution in [2.75, 3.05) is 5.32 Å². The van der Waals surface area contributed by atoms with Crippen LogP contribution < -0.4 is 5.32 Å². The molecule has 0 aliphatic carbocycles. The van der Waals surface area contributed by atoms with E-state index in [1.807, 2.05) is 43.3 Å². The van der Waals surface area contributed by atoms with Crippen LogP contribution in [0.15, 0.2) is 42.5 Å². The Morgan fingerprint density at radius 2 is 2.00 bits per heavy atom. The largest absolute Gasteiger partial charge is 0.445 e. The van der Waals surface area contributed by atoms with E-state index in [0.29, 0.717) is 17.7 Å². The summed E-state index contributed by atoms with van der Waals surface area (Å²) in [5.74, 6) is -0.770. The molecule has 118 valence electrons. The molecule has 0 radical (unpaired) electrons. The lowest BCUT2D eigenvalue weighted by Gasteiger charge is -2.33. The van der Waals surface area contributed by atoms with Crippen molar-refractivity contribution in [1.82, 2.24) is 0 Å². The van der Waals surface area contributed by atoms with E-state index in [1.54, 1.807) is 13.0 Å². The summed E-state index contributed by atoms with van der Waals surface area (Å²) in [6, 6.07) is 13.0. The zero-order valence-electron chi connectivity index (χ0n) is 12.9. The molecule has 5 heteroatoms. The predicted molar refractivity (Wildman–Crippen MR) is 96.5 cm³/mol. The first-order valence-electron chi connectivity index (χ1n) is 7.28. The third kappa shape index (κ3) is 3.10. The van der Waals surface area contributed by atoms with Gasteiger partial charge in [0.1, 0.15) is 0 Å². The highest BCUT2D eigenvalue weighted by Crippen LogP contribution is 2.30. The first-order valence-corrected chi connectivity index (χ1v) is 8.36. The topological polar surface area (TPSA) is 55.4 Å². The van der Waals surface area contributed by atoms with Gasteiger partial charge in [0.25, 0.3) is 5.91 Å². The van der Waals surface area contributed by atoms with Gasteiger partial charge in [-0.2, -0.15) is 0 Å². The number of nitrogens with one attached hydrogen (secondary N) is 1. The van der Waals surface area contributed by atoms with Gasteiger partial charge in [0, 0.05) is 9.99 Å². The van der Waals surface area contributed by atoms with E-state index in [9.17, 15) is 9.59 Å². The number of para-hydroxylation sites is 1. The van der Waals surface area contributed by atoms with E-state index < -0.39 is 11.6 Å². The van der Waals surface area contributed by atoms with Crippen LogP contribution in [0.5, 0.6) is 0 Å². The van der Waals surface area contributed by atoms with Crippen LogP contribution in [-0.2, 0) is 16.0 Å². The maximum atomic E-state index is 12.7. The van der Waals surface area contributed by atoms with Crippen LogP contribution in [0.2, 0.25) is 0 Å². The normalized spacial score (nSPS) is 19.7. The third-order valence-corrected chi connectivity index (χ3v) is 4.87. The highest BCUT2D eigenvalue weighted by Gasteiger charge is 2.42. The molecular weight excluding hydrogens is 405 g/mol. The van der Waals surface area contributed by atoms with Crippen LogP contribution in [-0.4, -0.2) is 17.5 Å². The molecule has 3 rings (SSSR count). The minimum absolute atomic E-state index is 0.317. The molecule has 1 atom stereocenters. The molecule has 1 heterocycles. The Morgan fingerprint density at radius 1 is 1.26 bits per heavy atom. The average molecular weight is 421 g/mol. The zero-order valence-corrected chi connectivity index (χ0v) is 15.0. The van der Waals surface area contributed by atoms with Gasteiger partial charge in [-0.05, 0) is 60.2 Å². The molecule has 2 aromatic rings. The zero-order chi connectivity index (χ0) is 16.6. The van der Waals surface area contributed by atoms with E-state index in [-0.39, 0.29) is 5.91 Å². The molecule has 1 aliphatic rings. The number of cyclic esters (lactones) is 1. The molecule has 23 heavy (non-hydrogen) atoms. The van der Waals surface area contributed by atoms with Gasteiger partial charge < -0.3 is 10.1 Å². The van der Waals surface area contributed by atoms with Gasteiger partial charge in [-0.15, -0.1) is 0 Å². The number of anilines is 1. The fraction of sp³-hybridized carbons (Fsp3) is 0.222. The van der Waals surface area contributed by atoms with Crippen molar-refractivity contribution in [1.29, 1.82) is 0 Å². The number of carbonyl (C=O) groups excluding carboxylic acids is 2. The number of hydrogen-bond acceptors (Lipinski definition) is 3. The summed E-state index contributed by atoms with van der Waals surface area (Å²) in [5, 5.41) is 2.86. The summed E-state index contributed by atoms with van der Waals surface area (Å²) in [5.41, 5.74) is 1.94. The minimum atomic E-state index is -1.21. The first kappa shape index (κ1) is 16.0. The third-order valence-electron chi connectivity index (χ3n) is 3.93. The van der Waals surface area contributed by atoms with Crippen molar-refractivity contribution < 1.29 is 14.3 Å². The number of aryl methyl sites for hydroxylation is 1. The predicted octanol–water partition coefficient (Wildman–Crippen LogP) is 3.71. The molecule has 0 aromatic heterocycles. The lowest BCUT2D eigenvalue weighted by atomic mass is 9.88. The second-order valence-electron chi connectivity index (χ2n) is 5.89. The van der Waals surface area contributed by atoms with Crippen molar-refractivity contribution >= 4 is 40.2 Å². The van der Waals surface area contributed by atoms with Gasteiger partial charge in [-0.3, -0.25) is 4.79 Å². The summed E-state index contributed by atoms with van der Waals surface area (Å²) in [7, 11) is 0. The summed E-state index contributed by atoms with van der Waals surface area (Å²) in [6.07, 6.45) is 0.366. The van der Waals surface area contributed by atoms with E-state index in [1.165, 1.54) is 0 Å². The Balaban J connectivity index is 1.89. The molecular formula is C18H16INO3. The molecule has 2 aromatic carbocycles. The van der Waals surface area contributed by atoms with Crippen LogP contribution in [0.4, 0.5) is 5.69 Å². The Morgan fingerprint density at radius 3 is 2.74 bits per heavy atom. The second-order valence-corrected chi connectivity index (χ2v) is 7.05. The monoisotopic (exact) mass is 421 g/mol. The van der Waals surface area contributed by atoms with Gasteiger partial charge in [0.2, 0.25) is 0 Å².